The Labute approximate surface area is 113 Å². The predicted molar refractivity (Wildman–Crippen MR) is 77.5 cm³/mol. The largest absolute Gasteiger partial charge is 0.314 e. The normalized spacial score (nSPS) is 27.1. The van der Waals surface area contributed by atoms with Gasteiger partial charge in [-0.15, -0.1) is 0 Å². The van der Waals surface area contributed by atoms with E-state index < -0.39 is 9.84 Å². The maximum Gasteiger partial charge on any atom is 0.147 e. The first-order chi connectivity index (χ1) is 8.46. The maximum absolute atomic E-state index is 11.3. The lowest BCUT2D eigenvalue weighted by Gasteiger charge is -2.34. The number of hydrogen-bond acceptors (Lipinski definition) is 3. The van der Waals surface area contributed by atoms with Crippen molar-refractivity contribution in [2.45, 2.75) is 58.4 Å². The van der Waals surface area contributed by atoms with Crippen LogP contribution in [0.5, 0.6) is 0 Å². The quantitative estimate of drug-likeness (QED) is 0.777. The summed E-state index contributed by atoms with van der Waals surface area (Å²) in [5.74, 6) is 1.89. The minimum Gasteiger partial charge on any atom is -0.314 e. The highest BCUT2D eigenvalue weighted by Crippen LogP contribution is 2.33. The molecule has 4 heteroatoms. The van der Waals surface area contributed by atoms with Gasteiger partial charge < -0.3 is 5.32 Å². The lowest BCUT2D eigenvalue weighted by molar-refractivity contribution is 0.216. The third-order valence-corrected chi connectivity index (χ3v) is 5.28. The van der Waals surface area contributed by atoms with Crippen LogP contribution in [0.2, 0.25) is 0 Å². The van der Waals surface area contributed by atoms with Crippen LogP contribution in [-0.4, -0.2) is 33.0 Å². The Morgan fingerprint density at radius 3 is 2.22 bits per heavy atom. The van der Waals surface area contributed by atoms with Gasteiger partial charge in [0, 0.05) is 12.3 Å². The van der Waals surface area contributed by atoms with Crippen LogP contribution in [0, 0.1) is 11.8 Å². The molecule has 0 spiro atoms. The van der Waals surface area contributed by atoms with Gasteiger partial charge in [0.2, 0.25) is 0 Å². The standard InChI is InChI=1S/C14H29NO2S/c1-4-12-6-8-13(9-7-12)14(15-5-2)10-11-18(3,16)17/h12-15H,4-11H2,1-3H3. The summed E-state index contributed by atoms with van der Waals surface area (Å²) in [6.07, 6.45) is 8.57. The van der Waals surface area contributed by atoms with Gasteiger partial charge in [0.05, 0.1) is 5.75 Å². The van der Waals surface area contributed by atoms with Crippen molar-refractivity contribution in [2.24, 2.45) is 11.8 Å². The second kappa shape index (κ2) is 7.49. The molecule has 0 aliphatic heterocycles. The highest BCUT2D eigenvalue weighted by Gasteiger charge is 2.26. The van der Waals surface area contributed by atoms with Crippen molar-refractivity contribution in [3.63, 3.8) is 0 Å². The van der Waals surface area contributed by atoms with Crippen LogP contribution in [0.3, 0.4) is 0 Å². The van der Waals surface area contributed by atoms with Gasteiger partial charge in [-0.1, -0.05) is 33.1 Å². The molecule has 1 saturated carbocycles. The fourth-order valence-electron chi connectivity index (χ4n) is 3.11. The second-order valence-corrected chi connectivity index (χ2v) is 8.03. The molecule has 1 rings (SSSR count). The molecule has 1 N–H and O–H groups in total. The fraction of sp³-hybridized carbons (Fsp3) is 1.00. The van der Waals surface area contributed by atoms with Gasteiger partial charge in [-0.3, -0.25) is 0 Å². The molecule has 1 fully saturated rings. The predicted octanol–water partition coefficient (Wildman–Crippen LogP) is 2.62. The SMILES string of the molecule is CCNC(CCS(C)(=O)=O)C1CCC(CC)CC1. The summed E-state index contributed by atoms with van der Waals surface area (Å²) >= 11 is 0. The molecule has 0 aromatic carbocycles. The average molecular weight is 275 g/mol. The van der Waals surface area contributed by atoms with Gasteiger partial charge in [-0.2, -0.15) is 0 Å². The van der Waals surface area contributed by atoms with Crippen LogP contribution in [0.15, 0.2) is 0 Å². The van der Waals surface area contributed by atoms with E-state index in [0.717, 1.165) is 18.9 Å². The van der Waals surface area contributed by atoms with E-state index in [0.29, 0.717) is 17.7 Å². The monoisotopic (exact) mass is 275 g/mol. The zero-order valence-electron chi connectivity index (χ0n) is 12.1. The lowest BCUT2D eigenvalue weighted by Crippen LogP contribution is -2.39. The molecule has 0 heterocycles. The Morgan fingerprint density at radius 1 is 1.17 bits per heavy atom. The Hall–Kier alpha value is -0.0900. The van der Waals surface area contributed by atoms with Crippen molar-refractivity contribution < 1.29 is 8.42 Å². The molecule has 0 amide bonds. The van der Waals surface area contributed by atoms with E-state index in [9.17, 15) is 8.42 Å². The Kier molecular flexibility index (Phi) is 6.64. The molecular formula is C14H29NO2S. The first kappa shape index (κ1) is 16.0. The molecule has 1 atom stereocenters. The van der Waals surface area contributed by atoms with E-state index in [4.69, 9.17) is 0 Å². The summed E-state index contributed by atoms with van der Waals surface area (Å²) in [5.41, 5.74) is 0. The number of hydrogen-bond donors (Lipinski definition) is 1. The summed E-state index contributed by atoms with van der Waals surface area (Å²) < 4.78 is 22.6. The Bertz CT molecular complexity index is 319. The Balaban J connectivity index is 2.46. The van der Waals surface area contributed by atoms with Crippen molar-refractivity contribution in [3.8, 4) is 0 Å². The smallest absolute Gasteiger partial charge is 0.147 e. The van der Waals surface area contributed by atoms with Gasteiger partial charge in [-0.25, -0.2) is 8.42 Å². The third kappa shape index (κ3) is 5.70. The molecule has 1 aliphatic carbocycles. The van der Waals surface area contributed by atoms with E-state index in [-0.39, 0.29) is 0 Å². The van der Waals surface area contributed by atoms with Crippen molar-refractivity contribution in [2.75, 3.05) is 18.6 Å². The average Bonchev–Trinajstić information content (AvgIpc) is 2.33. The van der Waals surface area contributed by atoms with Crippen molar-refractivity contribution in [1.82, 2.24) is 5.32 Å². The van der Waals surface area contributed by atoms with Gasteiger partial charge in [0.15, 0.2) is 0 Å². The summed E-state index contributed by atoms with van der Waals surface area (Å²) in [4.78, 5) is 0. The van der Waals surface area contributed by atoms with Gasteiger partial charge in [-0.05, 0) is 37.6 Å². The molecule has 108 valence electrons. The van der Waals surface area contributed by atoms with Crippen LogP contribution < -0.4 is 5.32 Å². The summed E-state index contributed by atoms with van der Waals surface area (Å²) in [6.45, 7) is 5.31. The molecule has 0 saturated heterocycles. The molecule has 0 aromatic heterocycles. The summed E-state index contributed by atoms with van der Waals surface area (Å²) in [5, 5.41) is 3.49. The van der Waals surface area contributed by atoms with Crippen molar-refractivity contribution in [3.05, 3.63) is 0 Å². The van der Waals surface area contributed by atoms with Crippen LogP contribution in [0.4, 0.5) is 0 Å². The minimum absolute atomic E-state index is 0.318. The van der Waals surface area contributed by atoms with E-state index in [1.807, 2.05) is 0 Å². The molecule has 1 aliphatic rings. The van der Waals surface area contributed by atoms with Crippen LogP contribution in [0.1, 0.15) is 52.4 Å². The maximum atomic E-state index is 11.3. The molecule has 3 nitrogen and oxygen atoms in total. The van der Waals surface area contributed by atoms with Crippen molar-refractivity contribution in [1.29, 1.82) is 0 Å². The van der Waals surface area contributed by atoms with Gasteiger partial charge in [0.1, 0.15) is 9.84 Å². The minimum atomic E-state index is -2.83. The van der Waals surface area contributed by atoms with Gasteiger partial charge >= 0.3 is 0 Å². The third-order valence-electron chi connectivity index (χ3n) is 4.30. The summed E-state index contributed by atoms with van der Waals surface area (Å²) in [7, 11) is -2.83. The van der Waals surface area contributed by atoms with Crippen LogP contribution in [0.25, 0.3) is 0 Å². The van der Waals surface area contributed by atoms with E-state index in [1.165, 1.54) is 38.4 Å². The molecule has 0 bridgehead atoms. The topological polar surface area (TPSA) is 46.2 Å². The van der Waals surface area contributed by atoms with Crippen molar-refractivity contribution >= 4 is 9.84 Å². The fourth-order valence-corrected chi connectivity index (χ4v) is 3.79. The zero-order chi connectivity index (χ0) is 13.6. The number of rotatable bonds is 7. The second-order valence-electron chi connectivity index (χ2n) is 5.77. The zero-order valence-corrected chi connectivity index (χ0v) is 12.9. The first-order valence-corrected chi connectivity index (χ1v) is 9.43. The molecule has 18 heavy (non-hydrogen) atoms. The highest BCUT2D eigenvalue weighted by molar-refractivity contribution is 7.90. The first-order valence-electron chi connectivity index (χ1n) is 7.37. The summed E-state index contributed by atoms with van der Waals surface area (Å²) in [6, 6.07) is 0.391. The van der Waals surface area contributed by atoms with Crippen LogP contribution >= 0.6 is 0 Å². The molecule has 1 unspecified atom stereocenters. The molecular weight excluding hydrogens is 246 g/mol. The van der Waals surface area contributed by atoms with E-state index in [1.54, 1.807) is 0 Å². The van der Waals surface area contributed by atoms with E-state index >= 15 is 0 Å². The van der Waals surface area contributed by atoms with Gasteiger partial charge in [0.25, 0.3) is 0 Å². The molecule has 0 aromatic rings. The van der Waals surface area contributed by atoms with Crippen LogP contribution in [-0.2, 0) is 9.84 Å². The Morgan fingerprint density at radius 2 is 1.78 bits per heavy atom. The number of sulfone groups is 1. The highest BCUT2D eigenvalue weighted by atomic mass is 32.2. The number of nitrogens with one attached hydrogen (secondary N) is 1. The lowest BCUT2D eigenvalue weighted by atomic mass is 9.77. The molecule has 0 radical (unpaired) electrons. The van der Waals surface area contributed by atoms with E-state index in [2.05, 4.69) is 19.2 Å².